The maximum absolute atomic E-state index is 10.6. The van der Waals surface area contributed by atoms with Gasteiger partial charge in [0.2, 0.25) is 5.88 Å². The summed E-state index contributed by atoms with van der Waals surface area (Å²) in [6.07, 6.45) is 1.19. The number of benzene rings is 1. The molecule has 0 radical (unpaired) electrons. The second-order valence-corrected chi connectivity index (χ2v) is 4.35. The summed E-state index contributed by atoms with van der Waals surface area (Å²) in [6.45, 7) is 2.51. The molecule has 1 heterocycles. The van der Waals surface area contributed by atoms with Crippen molar-refractivity contribution in [1.29, 1.82) is 0 Å². The molecule has 0 amide bonds. The van der Waals surface area contributed by atoms with E-state index in [1.54, 1.807) is 6.92 Å². The number of hydrogen-bond acceptors (Lipinski definition) is 5. The smallest absolute Gasteiger partial charge is 0.288 e. The van der Waals surface area contributed by atoms with Gasteiger partial charge in [-0.15, -0.1) is 0 Å². The van der Waals surface area contributed by atoms with Crippen LogP contribution in [0.4, 0.5) is 5.69 Å². The minimum absolute atomic E-state index is 0.0424. The molecule has 6 heteroatoms. The zero-order chi connectivity index (χ0) is 14.5. The van der Waals surface area contributed by atoms with Gasteiger partial charge >= 0.3 is 0 Å². The van der Waals surface area contributed by atoms with Crippen LogP contribution in [0.1, 0.15) is 11.1 Å². The number of aryl methyl sites for hydroxylation is 1. The molecule has 0 bridgehead atoms. The molecule has 1 aromatic carbocycles. The van der Waals surface area contributed by atoms with Gasteiger partial charge in [-0.25, -0.2) is 4.98 Å². The molecule has 0 aliphatic carbocycles. The SMILES string of the molecule is CNCc1ccc(Oc2ncc([N+](=O)[O-])cc2C)cc1. The Hall–Kier alpha value is -2.47. The van der Waals surface area contributed by atoms with E-state index in [-0.39, 0.29) is 5.69 Å². The molecule has 6 nitrogen and oxygen atoms in total. The van der Waals surface area contributed by atoms with Crippen molar-refractivity contribution in [2.45, 2.75) is 13.5 Å². The second kappa shape index (κ2) is 6.12. The summed E-state index contributed by atoms with van der Waals surface area (Å²) in [4.78, 5) is 14.1. The molecule has 2 aromatic rings. The molecule has 20 heavy (non-hydrogen) atoms. The molecule has 0 fully saturated rings. The van der Waals surface area contributed by atoms with Crippen LogP contribution in [-0.4, -0.2) is 17.0 Å². The van der Waals surface area contributed by atoms with E-state index in [0.717, 1.165) is 12.1 Å². The zero-order valence-electron chi connectivity index (χ0n) is 11.3. The molecule has 0 atom stereocenters. The summed E-state index contributed by atoms with van der Waals surface area (Å²) in [7, 11) is 1.88. The molecule has 0 unspecified atom stereocenters. The fourth-order valence-corrected chi connectivity index (χ4v) is 1.75. The Bertz CT molecular complexity index is 612. The van der Waals surface area contributed by atoms with Crippen LogP contribution in [0, 0.1) is 17.0 Å². The van der Waals surface area contributed by atoms with Crippen molar-refractivity contribution in [2.24, 2.45) is 0 Å². The van der Waals surface area contributed by atoms with Crippen LogP contribution in [0.3, 0.4) is 0 Å². The van der Waals surface area contributed by atoms with Crippen molar-refractivity contribution in [3.05, 3.63) is 57.8 Å². The Balaban J connectivity index is 2.15. The fraction of sp³-hybridized carbons (Fsp3) is 0.214. The highest BCUT2D eigenvalue weighted by Crippen LogP contribution is 2.25. The van der Waals surface area contributed by atoms with Crippen LogP contribution >= 0.6 is 0 Å². The summed E-state index contributed by atoms with van der Waals surface area (Å²) >= 11 is 0. The van der Waals surface area contributed by atoms with Crippen molar-refractivity contribution in [2.75, 3.05) is 7.05 Å². The van der Waals surface area contributed by atoms with Gasteiger partial charge in [0.15, 0.2) is 0 Å². The van der Waals surface area contributed by atoms with Gasteiger partial charge in [-0.1, -0.05) is 12.1 Å². The van der Waals surface area contributed by atoms with E-state index < -0.39 is 4.92 Å². The topological polar surface area (TPSA) is 77.3 Å². The summed E-state index contributed by atoms with van der Waals surface area (Å²) < 4.78 is 5.62. The minimum Gasteiger partial charge on any atom is -0.439 e. The number of nitrogens with zero attached hydrogens (tertiary/aromatic N) is 2. The van der Waals surface area contributed by atoms with Gasteiger partial charge in [-0.3, -0.25) is 10.1 Å². The van der Waals surface area contributed by atoms with E-state index in [0.29, 0.717) is 17.2 Å². The lowest BCUT2D eigenvalue weighted by Crippen LogP contribution is -2.04. The van der Waals surface area contributed by atoms with E-state index in [1.807, 2.05) is 31.3 Å². The summed E-state index contributed by atoms with van der Waals surface area (Å²) in [5.74, 6) is 1.02. The number of rotatable bonds is 5. The third kappa shape index (κ3) is 3.30. The first-order chi connectivity index (χ1) is 9.60. The maximum atomic E-state index is 10.6. The van der Waals surface area contributed by atoms with Crippen molar-refractivity contribution in [1.82, 2.24) is 10.3 Å². The van der Waals surface area contributed by atoms with E-state index in [2.05, 4.69) is 10.3 Å². The van der Waals surface area contributed by atoms with Crippen LogP contribution in [-0.2, 0) is 6.54 Å². The normalized spacial score (nSPS) is 10.3. The zero-order valence-corrected chi connectivity index (χ0v) is 11.3. The summed E-state index contributed by atoms with van der Waals surface area (Å²) in [6, 6.07) is 9.03. The molecule has 1 N–H and O–H groups in total. The standard InChI is InChI=1S/C14H15N3O3/c1-10-7-12(17(18)19)9-16-14(10)20-13-5-3-11(4-6-13)8-15-2/h3-7,9,15H,8H2,1-2H3. The van der Waals surface area contributed by atoms with Crippen molar-refractivity contribution in [3.63, 3.8) is 0 Å². The number of pyridine rings is 1. The first kappa shape index (κ1) is 14.0. The molecule has 0 aliphatic rings. The molecule has 104 valence electrons. The lowest BCUT2D eigenvalue weighted by molar-refractivity contribution is -0.385. The van der Waals surface area contributed by atoms with E-state index in [1.165, 1.54) is 12.3 Å². The molecular formula is C14H15N3O3. The minimum atomic E-state index is -0.476. The highest BCUT2D eigenvalue weighted by Gasteiger charge is 2.10. The van der Waals surface area contributed by atoms with Crippen LogP contribution in [0.15, 0.2) is 36.5 Å². The molecule has 0 spiro atoms. The quantitative estimate of drug-likeness (QED) is 0.669. The Kier molecular flexibility index (Phi) is 4.27. The lowest BCUT2D eigenvalue weighted by Gasteiger charge is -2.08. The van der Waals surface area contributed by atoms with Crippen molar-refractivity contribution < 1.29 is 9.66 Å². The molecule has 2 rings (SSSR count). The van der Waals surface area contributed by atoms with Crippen molar-refractivity contribution >= 4 is 5.69 Å². The van der Waals surface area contributed by atoms with E-state index >= 15 is 0 Å². The highest BCUT2D eigenvalue weighted by atomic mass is 16.6. The van der Waals surface area contributed by atoms with Gasteiger partial charge in [0, 0.05) is 18.2 Å². The predicted molar refractivity (Wildman–Crippen MR) is 74.9 cm³/mol. The number of ether oxygens (including phenoxy) is 1. The largest absolute Gasteiger partial charge is 0.439 e. The Morgan fingerprint density at radius 2 is 2.05 bits per heavy atom. The van der Waals surface area contributed by atoms with Gasteiger partial charge in [0.05, 0.1) is 4.92 Å². The number of aromatic nitrogens is 1. The molecule has 0 aliphatic heterocycles. The Labute approximate surface area is 116 Å². The summed E-state index contributed by atoms with van der Waals surface area (Å²) in [5, 5.41) is 13.7. The first-order valence-electron chi connectivity index (χ1n) is 6.12. The van der Waals surface area contributed by atoms with Gasteiger partial charge in [0.1, 0.15) is 11.9 Å². The maximum Gasteiger partial charge on any atom is 0.288 e. The molecule has 0 saturated carbocycles. The van der Waals surface area contributed by atoms with Crippen LogP contribution in [0.25, 0.3) is 0 Å². The predicted octanol–water partition coefficient (Wildman–Crippen LogP) is 2.81. The third-order valence-corrected chi connectivity index (χ3v) is 2.75. The highest BCUT2D eigenvalue weighted by molar-refractivity contribution is 5.39. The Morgan fingerprint density at radius 1 is 1.35 bits per heavy atom. The van der Waals surface area contributed by atoms with Crippen molar-refractivity contribution in [3.8, 4) is 11.6 Å². The lowest BCUT2D eigenvalue weighted by atomic mass is 10.2. The third-order valence-electron chi connectivity index (χ3n) is 2.75. The first-order valence-corrected chi connectivity index (χ1v) is 6.12. The average molecular weight is 273 g/mol. The number of hydrogen-bond donors (Lipinski definition) is 1. The Morgan fingerprint density at radius 3 is 2.60 bits per heavy atom. The number of nitrogens with one attached hydrogen (secondary N) is 1. The molecule has 0 saturated heterocycles. The van der Waals surface area contributed by atoms with E-state index in [4.69, 9.17) is 4.74 Å². The average Bonchev–Trinajstić information content (AvgIpc) is 2.43. The fourth-order valence-electron chi connectivity index (χ4n) is 1.75. The van der Waals surface area contributed by atoms with Gasteiger partial charge in [0.25, 0.3) is 5.69 Å². The van der Waals surface area contributed by atoms with Crippen LogP contribution in [0.5, 0.6) is 11.6 Å². The second-order valence-electron chi connectivity index (χ2n) is 4.35. The number of nitro groups is 1. The molecule has 1 aromatic heterocycles. The molecular weight excluding hydrogens is 258 g/mol. The summed E-state index contributed by atoms with van der Waals surface area (Å²) in [5.41, 5.74) is 1.73. The van der Waals surface area contributed by atoms with Gasteiger partial charge in [-0.2, -0.15) is 0 Å². The van der Waals surface area contributed by atoms with Gasteiger partial charge < -0.3 is 10.1 Å². The monoisotopic (exact) mass is 273 g/mol. The van der Waals surface area contributed by atoms with E-state index in [9.17, 15) is 10.1 Å². The van der Waals surface area contributed by atoms with Gasteiger partial charge in [-0.05, 0) is 31.7 Å². The van der Waals surface area contributed by atoms with Crippen LogP contribution < -0.4 is 10.1 Å². The van der Waals surface area contributed by atoms with Crippen LogP contribution in [0.2, 0.25) is 0 Å².